The number of carbonyl (C=O) groups excluding carboxylic acids is 1. The van der Waals surface area contributed by atoms with E-state index in [0.29, 0.717) is 28.2 Å². The summed E-state index contributed by atoms with van der Waals surface area (Å²) in [5.74, 6) is -0.0746. The SMILES string of the molecule is COc1ccc(F)c(-c2cc3nccc(-c4cccc(C(N)=O)c4)c3o2)c1. The molecule has 134 valence electrons. The molecule has 0 radical (unpaired) electrons. The molecule has 0 spiro atoms. The Kier molecular flexibility index (Phi) is 4.08. The van der Waals surface area contributed by atoms with Gasteiger partial charge in [0.2, 0.25) is 5.91 Å². The predicted octanol–water partition coefficient (Wildman–Crippen LogP) is 4.41. The van der Waals surface area contributed by atoms with Crippen molar-refractivity contribution in [3.63, 3.8) is 0 Å². The number of ether oxygens (including phenoxy) is 1. The van der Waals surface area contributed by atoms with E-state index in [1.807, 2.05) is 6.07 Å². The Labute approximate surface area is 154 Å². The van der Waals surface area contributed by atoms with Gasteiger partial charge in [0, 0.05) is 23.4 Å². The molecule has 4 rings (SSSR count). The van der Waals surface area contributed by atoms with Gasteiger partial charge in [-0.05, 0) is 42.0 Å². The topological polar surface area (TPSA) is 78.4 Å². The predicted molar refractivity (Wildman–Crippen MR) is 99.9 cm³/mol. The average Bonchev–Trinajstić information content (AvgIpc) is 3.12. The number of aromatic nitrogens is 1. The van der Waals surface area contributed by atoms with Crippen molar-refractivity contribution < 1.29 is 18.3 Å². The third kappa shape index (κ3) is 3.01. The van der Waals surface area contributed by atoms with Crippen molar-refractivity contribution >= 4 is 17.0 Å². The van der Waals surface area contributed by atoms with E-state index in [0.717, 1.165) is 11.1 Å². The van der Waals surface area contributed by atoms with Crippen LogP contribution < -0.4 is 10.5 Å². The Morgan fingerprint density at radius 1 is 1.11 bits per heavy atom. The third-order valence-electron chi connectivity index (χ3n) is 4.31. The zero-order valence-corrected chi connectivity index (χ0v) is 14.4. The number of amides is 1. The lowest BCUT2D eigenvalue weighted by molar-refractivity contribution is 0.100. The van der Waals surface area contributed by atoms with E-state index in [1.54, 1.807) is 48.7 Å². The van der Waals surface area contributed by atoms with Crippen molar-refractivity contribution in [2.45, 2.75) is 0 Å². The molecule has 0 fully saturated rings. The number of hydrogen-bond donors (Lipinski definition) is 1. The highest BCUT2D eigenvalue weighted by molar-refractivity contribution is 5.97. The summed E-state index contributed by atoms with van der Waals surface area (Å²) in [5, 5.41) is 0. The van der Waals surface area contributed by atoms with Crippen molar-refractivity contribution in [3.05, 3.63) is 72.2 Å². The number of methoxy groups -OCH3 is 1. The lowest BCUT2D eigenvalue weighted by atomic mass is 10.0. The molecular weight excluding hydrogens is 347 g/mol. The van der Waals surface area contributed by atoms with Crippen LogP contribution in [0.4, 0.5) is 4.39 Å². The number of nitrogens with two attached hydrogens (primary N) is 1. The number of rotatable bonds is 4. The maximum absolute atomic E-state index is 14.3. The van der Waals surface area contributed by atoms with Gasteiger partial charge in [0.1, 0.15) is 22.8 Å². The number of nitrogens with zero attached hydrogens (tertiary/aromatic N) is 1. The molecule has 0 saturated heterocycles. The van der Waals surface area contributed by atoms with Crippen molar-refractivity contribution in [1.29, 1.82) is 0 Å². The van der Waals surface area contributed by atoms with Gasteiger partial charge in [0.25, 0.3) is 0 Å². The van der Waals surface area contributed by atoms with Gasteiger partial charge in [-0.15, -0.1) is 0 Å². The summed E-state index contributed by atoms with van der Waals surface area (Å²) in [6.45, 7) is 0. The molecule has 5 nitrogen and oxygen atoms in total. The molecule has 0 aliphatic carbocycles. The molecule has 2 aromatic heterocycles. The Morgan fingerprint density at radius 3 is 2.74 bits per heavy atom. The first kappa shape index (κ1) is 16.8. The molecule has 2 aromatic carbocycles. The second kappa shape index (κ2) is 6.57. The highest BCUT2D eigenvalue weighted by Crippen LogP contribution is 2.35. The van der Waals surface area contributed by atoms with Crippen molar-refractivity contribution in [2.24, 2.45) is 5.73 Å². The van der Waals surface area contributed by atoms with Crippen LogP contribution in [0.5, 0.6) is 5.75 Å². The molecule has 2 N–H and O–H groups in total. The van der Waals surface area contributed by atoms with Crippen LogP contribution >= 0.6 is 0 Å². The molecule has 27 heavy (non-hydrogen) atoms. The standard InChI is InChI=1S/C21H15FN2O3/c1-26-14-5-6-17(22)16(10-14)19-11-18-20(27-19)15(7-8-24-18)12-3-2-4-13(9-12)21(23)25/h2-11H,1H3,(H2,23,25). The highest BCUT2D eigenvalue weighted by Gasteiger charge is 2.16. The lowest BCUT2D eigenvalue weighted by Crippen LogP contribution is -2.10. The van der Waals surface area contributed by atoms with E-state index < -0.39 is 11.7 Å². The Bertz CT molecular complexity index is 1170. The summed E-state index contributed by atoms with van der Waals surface area (Å²) in [4.78, 5) is 15.8. The molecular formula is C21H15FN2O3. The van der Waals surface area contributed by atoms with Crippen LogP contribution in [0, 0.1) is 5.82 Å². The highest BCUT2D eigenvalue weighted by atomic mass is 19.1. The maximum atomic E-state index is 14.3. The number of hydrogen-bond acceptors (Lipinski definition) is 4. The third-order valence-corrected chi connectivity index (χ3v) is 4.31. The maximum Gasteiger partial charge on any atom is 0.248 e. The quantitative estimate of drug-likeness (QED) is 0.583. The van der Waals surface area contributed by atoms with E-state index in [1.165, 1.54) is 13.2 Å². The second-order valence-electron chi connectivity index (χ2n) is 5.97. The number of furan rings is 1. The van der Waals surface area contributed by atoms with E-state index in [-0.39, 0.29) is 5.56 Å². The molecule has 0 unspecified atom stereocenters. The minimum absolute atomic E-state index is 0.282. The van der Waals surface area contributed by atoms with Gasteiger partial charge in [-0.2, -0.15) is 0 Å². The Morgan fingerprint density at radius 2 is 1.96 bits per heavy atom. The second-order valence-corrected chi connectivity index (χ2v) is 5.97. The monoisotopic (exact) mass is 362 g/mol. The molecule has 2 heterocycles. The van der Waals surface area contributed by atoms with Crippen LogP contribution in [0.15, 0.2) is 65.2 Å². The Hall–Kier alpha value is -3.67. The largest absolute Gasteiger partial charge is 0.497 e. The molecule has 0 atom stereocenters. The van der Waals surface area contributed by atoms with Crippen LogP contribution in [0.25, 0.3) is 33.6 Å². The average molecular weight is 362 g/mol. The first-order valence-corrected chi connectivity index (χ1v) is 8.19. The number of primary amides is 1. The minimum Gasteiger partial charge on any atom is -0.497 e. The van der Waals surface area contributed by atoms with Gasteiger partial charge in [0.05, 0.1) is 12.7 Å². The van der Waals surface area contributed by atoms with Gasteiger partial charge in [0.15, 0.2) is 5.58 Å². The summed E-state index contributed by atoms with van der Waals surface area (Å²) in [6, 6.07) is 14.8. The number of carbonyl (C=O) groups is 1. The molecule has 0 aliphatic rings. The first-order chi connectivity index (χ1) is 13.1. The van der Waals surface area contributed by atoms with Crippen molar-refractivity contribution in [1.82, 2.24) is 4.98 Å². The van der Waals surface area contributed by atoms with Gasteiger partial charge >= 0.3 is 0 Å². The molecule has 0 bridgehead atoms. The van der Waals surface area contributed by atoms with Crippen LogP contribution in [0.2, 0.25) is 0 Å². The van der Waals surface area contributed by atoms with Crippen LogP contribution in [0.3, 0.4) is 0 Å². The lowest BCUT2D eigenvalue weighted by Gasteiger charge is -2.05. The fraction of sp³-hybridized carbons (Fsp3) is 0.0476. The zero-order valence-electron chi connectivity index (χ0n) is 14.4. The fourth-order valence-corrected chi connectivity index (χ4v) is 2.96. The molecule has 0 saturated carbocycles. The summed E-state index contributed by atoms with van der Waals surface area (Å²) in [5.41, 5.74) is 8.61. The fourth-order valence-electron chi connectivity index (χ4n) is 2.96. The first-order valence-electron chi connectivity index (χ1n) is 8.19. The Balaban J connectivity index is 1.89. The summed E-state index contributed by atoms with van der Waals surface area (Å²) in [6.07, 6.45) is 1.63. The van der Waals surface area contributed by atoms with Crippen molar-refractivity contribution in [3.8, 4) is 28.2 Å². The smallest absolute Gasteiger partial charge is 0.248 e. The van der Waals surface area contributed by atoms with Gasteiger partial charge in [-0.1, -0.05) is 12.1 Å². The number of pyridine rings is 1. The van der Waals surface area contributed by atoms with Crippen molar-refractivity contribution in [2.75, 3.05) is 7.11 Å². The van der Waals surface area contributed by atoms with Gasteiger partial charge in [-0.3, -0.25) is 9.78 Å². The molecule has 4 aromatic rings. The van der Waals surface area contributed by atoms with E-state index in [9.17, 15) is 9.18 Å². The summed E-state index contributed by atoms with van der Waals surface area (Å²) < 4.78 is 25.4. The van der Waals surface area contributed by atoms with E-state index >= 15 is 0 Å². The van der Waals surface area contributed by atoms with E-state index in [4.69, 9.17) is 14.9 Å². The van der Waals surface area contributed by atoms with E-state index in [2.05, 4.69) is 4.98 Å². The molecule has 0 aliphatic heterocycles. The zero-order chi connectivity index (χ0) is 19.0. The molecule has 6 heteroatoms. The van der Waals surface area contributed by atoms with Gasteiger partial charge in [-0.25, -0.2) is 4.39 Å². The van der Waals surface area contributed by atoms with Crippen LogP contribution in [-0.4, -0.2) is 18.0 Å². The number of halogens is 1. The van der Waals surface area contributed by atoms with Crippen LogP contribution in [0.1, 0.15) is 10.4 Å². The summed E-state index contributed by atoms with van der Waals surface area (Å²) >= 11 is 0. The number of fused-ring (bicyclic) bond motifs is 1. The normalized spacial score (nSPS) is 10.9. The van der Waals surface area contributed by atoms with Crippen LogP contribution in [-0.2, 0) is 0 Å². The summed E-state index contributed by atoms with van der Waals surface area (Å²) in [7, 11) is 1.51. The van der Waals surface area contributed by atoms with Gasteiger partial charge < -0.3 is 14.9 Å². The molecule has 1 amide bonds. The minimum atomic E-state index is -0.513. The number of benzene rings is 2.